The molecule has 2 heterocycles. The van der Waals surface area contributed by atoms with Gasteiger partial charge in [-0.15, -0.1) is 0 Å². The molecule has 1 fully saturated rings. The molecule has 1 aliphatic heterocycles. The Morgan fingerprint density at radius 2 is 1.93 bits per heavy atom. The molecule has 140 valence electrons. The van der Waals surface area contributed by atoms with Gasteiger partial charge in [-0.25, -0.2) is 0 Å². The lowest BCUT2D eigenvalue weighted by molar-refractivity contribution is 0.0792. The smallest absolute Gasteiger partial charge is 0.256 e. The number of fused-ring (bicyclic) bond motifs is 1. The molecule has 0 N–H and O–H groups in total. The third-order valence-corrected chi connectivity index (χ3v) is 5.48. The molecule has 1 aliphatic rings. The first-order valence-electron chi connectivity index (χ1n) is 9.17. The first-order valence-corrected chi connectivity index (χ1v) is 9.17. The minimum atomic E-state index is 0.0937. The number of benzene rings is 2. The van der Waals surface area contributed by atoms with Gasteiger partial charge in [-0.3, -0.25) is 4.79 Å². The van der Waals surface area contributed by atoms with Crippen LogP contribution in [0.1, 0.15) is 28.3 Å². The van der Waals surface area contributed by atoms with Crippen molar-refractivity contribution < 1.29 is 14.3 Å². The number of aromatic nitrogens is 1. The molecule has 1 atom stereocenters. The van der Waals surface area contributed by atoms with E-state index in [4.69, 9.17) is 9.47 Å². The second kappa shape index (κ2) is 6.99. The molecule has 1 saturated heterocycles. The lowest BCUT2D eigenvalue weighted by atomic mass is 9.97. The van der Waals surface area contributed by atoms with Crippen LogP contribution in [0.15, 0.2) is 48.7 Å². The molecule has 0 radical (unpaired) electrons. The summed E-state index contributed by atoms with van der Waals surface area (Å²) in [5.74, 6) is 2.00. The second-order valence-electron chi connectivity index (χ2n) is 7.02. The largest absolute Gasteiger partial charge is 0.497 e. The summed E-state index contributed by atoms with van der Waals surface area (Å²) in [5.41, 5.74) is 2.95. The molecule has 1 amide bonds. The summed E-state index contributed by atoms with van der Waals surface area (Å²) in [4.78, 5) is 15.1. The molecule has 0 bridgehead atoms. The molecular formula is C22H24N2O3. The van der Waals surface area contributed by atoms with Crippen molar-refractivity contribution in [1.82, 2.24) is 9.47 Å². The predicted octanol–water partition coefficient (Wildman–Crippen LogP) is 3.83. The van der Waals surface area contributed by atoms with Gasteiger partial charge in [0.2, 0.25) is 0 Å². The maximum Gasteiger partial charge on any atom is 0.256 e. The fraction of sp³-hybridized carbons (Fsp3) is 0.318. The zero-order chi connectivity index (χ0) is 19.0. The molecule has 4 rings (SSSR count). The maximum atomic E-state index is 13.2. The molecule has 3 aromatic rings. The first kappa shape index (κ1) is 17.5. The van der Waals surface area contributed by atoms with Gasteiger partial charge in [-0.1, -0.05) is 18.2 Å². The topological polar surface area (TPSA) is 43.7 Å². The lowest BCUT2D eigenvalue weighted by Gasteiger charge is -2.18. The van der Waals surface area contributed by atoms with Gasteiger partial charge in [0.05, 0.1) is 19.8 Å². The van der Waals surface area contributed by atoms with E-state index < -0.39 is 0 Å². The van der Waals surface area contributed by atoms with Crippen LogP contribution in [0, 0.1) is 0 Å². The molecule has 0 spiro atoms. The third-order valence-electron chi connectivity index (χ3n) is 5.48. The van der Waals surface area contributed by atoms with Crippen molar-refractivity contribution in [2.45, 2.75) is 12.3 Å². The molecule has 5 heteroatoms. The Kier molecular flexibility index (Phi) is 4.52. The Hall–Kier alpha value is -2.95. The van der Waals surface area contributed by atoms with Crippen LogP contribution in [0.25, 0.3) is 10.9 Å². The Morgan fingerprint density at radius 3 is 2.70 bits per heavy atom. The highest BCUT2D eigenvalue weighted by atomic mass is 16.5. The summed E-state index contributed by atoms with van der Waals surface area (Å²) in [7, 11) is 5.32. The maximum absolute atomic E-state index is 13.2. The molecule has 27 heavy (non-hydrogen) atoms. The van der Waals surface area contributed by atoms with Crippen LogP contribution in [0.4, 0.5) is 0 Å². The molecule has 1 aromatic heterocycles. The van der Waals surface area contributed by atoms with Gasteiger partial charge < -0.3 is 18.9 Å². The van der Waals surface area contributed by atoms with E-state index in [1.165, 1.54) is 0 Å². The van der Waals surface area contributed by atoms with E-state index >= 15 is 0 Å². The highest BCUT2D eigenvalue weighted by Crippen LogP contribution is 2.36. The summed E-state index contributed by atoms with van der Waals surface area (Å²) < 4.78 is 12.9. The number of hydrogen-bond acceptors (Lipinski definition) is 3. The average Bonchev–Trinajstić information content (AvgIpc) is 3.32. The summed E-state index contributed by atoms with van der Waals surface area (Å²) in [5, 5.41) is 1.01. The normalized spacial score (nSPS) is 16.7. The van der Waals surface area contributed by atoms with Gasteiger partial charge in [0, 0.05) is 48.7 Å². The number of methoxy groups -OCH3 is 2. The number of para-hydroxylation sites is 1. The van der Waals surface area contributed by atoms with Gasteiger partial charge in [-0.2, -0.15) is 0 Å². The molecule has 0 saturated carbocycles. The van der Waals surface area contributed by atoms with E-state index in [9.17, 15) is 4.79 Å². The summed E-state index contributed by atoms with van der Waals surface area (Å²) in [6.45, 7) is 1.43. The van der Waals surface area contributed by atoms with Gasteiger partial charge in [-0.05, 0) is 30.7 Å². The van der Waals surface area contributed by atoms with E-state index in [0.29, 0.717) is 6.54 Å². The zero-order valence-corrected chi connectivity index (χ0v) is 15.9. The van der Waals surface area contributed by atoms with Crippen LogP contribution < -0.4 is 9.47 Å². The number of hydrogen-bond donors (Lipinski definition) is 0. The number of ether oxygens (including phenoxy) is 2. The van der Waals surface area contributed by atoms with E-state index in [-0.39, 0.29) is 11.8 Å². The van der Waals surface area contributed by atoms with Crippen LogP contribution in [0.2, 0.25) is 0 Å². The number of carbonyl (C=O) groups is 1. The van der Waals surface area contributed by atoms with Crippen LogP contribution in [0.5, 0.6) is 11.5 Å². The summed E-state index contributed by atoms with van der Waals surface area (Å²) >= 11 is 0. The molecule has 0 aliphatic carbocycles. The Morgan fingerprint density at radius 1 is 1.11 bits per heavy atom. The summed E-state index contributed by atoms with van der Waals surface area (Å²) in [6, 6.07) is 13.9. The van der Waals surface area contributed by atoms with Gasteiger partial charge in [0.15, 0.2) is 0 Å². The van der Waals surface area contributed by atoms with Crippen molar-refractivity contribution in [3.8, 4) is 11.5 Å². The van der Waals surface area contributed by atoms with Gasteiger partial charge in [0.25, 0.3) is 5.91 Å². The fourth-order valence-electron chi connectivity index (χ4n) is 4.04. The molecule has 0 unspecified atom stereocenters. The number of aryl methyl sites for hydroxylation is 1. The quantitative estimate of drug-likeness (QED) is 0.707. The minimum Gasteiger partial charge on any atom is -0.497 e. The minimum absolute atomic E-state index is 0.0937. The van der Waals surface area contributed by atoms with E-state index in [1.807, 2.05) is 65.2 Å². The van der Waals surface area contributed by atoms with Crippen molar-refractivity contribution in [3.63, 3.8) is 0 Å². The van der Waals surface area contributed by atoms with Crippen molar-refractivity contribution in [2.24, 2.45) is 7.05 Å². The predicted molar refractivity (Wildman–Crippen MR) is 106 cm³/mol. The fourth-order valence-corrected chi connectivity index (χ4v) is 4.04. The zero-order valence-electron chi connectivity index (χ0n) is 15.9. The number of likely N-dealkylation sites (tertiary alicyclic amines) is 1. The highest BCUT2D eigenvalue weighted by molar-refractivity contribution is 6.07. The number of rotatable bonds is 4. The SMILES string of the molecule is COc1ccc(OC)c([C@@H]2CCN(C(=O)c3cn(C)c4ccccc34)C2)c1. The monoisotopic (exact) mass is 364 g/mol. The summed E-state index contributed by atoms with van der Waals surface area (Å²) in [6.07, 6.45) is 2.85. The van der Waals surface area contributed by atoms with E-state index in [1.54, 1.807) is 14.2 Å². The molecule has 2 aromatic carbocycles. The molecular weight excluding hydrogens is 340 g/mol. The standard InChI is InChI=1S/C22H24N2O3/c1-23-14-19(17-6-4-5-7-20(17)23)22(25)24-11-10-15(13-24)18-12-16(26-2)8-9-21(18)27-3/h4-9,12,14-15H,10-11,13H2,1-3H3/t15-/m1/s1. The lowest BCUT2D eigenvalue weighted by Crippen LogP contribution is -2.28. The first-order chi connectivity index (χ1) is 13.1. The Balaban J connectivity index is 1.60. The van der Waals surface area contributed by atoms with Crippen LogP contribution >= 0.6 is 0 Å². The van der Waals surface area contributed by atoms with Crippen molar-refractivity contribution in [1.29, 1.82) is 0 Å². The highest BCUT2D eigenvalue weighted by Gasteiger charge is 2.31. The Labute approximate surface area is 159 Å². The average molecular weight is 364 g/mol. The van der Waals surface area contributed by atoms with E-state index in [0.717, 1.165) is 46.5 Å². The van der Waals surface area contributed by atoms with Gasteiger partial charge >= 0.3 is 0 Å². The molecule has 5 nitrogen and oxygen atoms in total. The Bertz CT molecular complexity index is 992. The van der Waals surface area contributed by atoms with Crippen LogP contribution in [-0.4, -0.2) is 42.7 Å². The van der Waals surface area contributed by atoms with E-state index in [2.05, 4.69) is 0 Å². The second-order valence-corrected chi connectivity index (χ2v) is 7.02. The van der Waals surface area contributed by atoms with Crippen molar-refractivity contribution in [2.75, 3.05) is 27.3 Å². The van der Waals surface area contributed by atoms with Gasteiger partial charge in [0.1, 0.15) is 11.5 Å². The third kappa shape index (κ3) is 3.03. The number of carbonyl (C=O) groups excluding carboxylic acids is 1. The van der Waals surface area contributed by atoms with Crippen molar-refractivity contribution >= 4 is 16.8 Å². The number of amides is 1. The van der Waals surface area contributed by atoms with Crippen LogP contribution in [-0.2, 0) is 7.05 Å². The number of nitrogens with zero attached hydrogens (tertiary/aromatic N) is 2. The van der Waals surface area contributed by atoms with Crippen LogP contribution in [0.3, 0.4) is 0 Å². The van der Waals surface area contributed by atoms with Crippen molar-refractivity contribution in [3.05, 3.63) is 59.8 Å².